The molecule has 0 spiro atoms. The molecule has 0 aliphatic carbocycles. The molecule has 0 radical (unpaired) electrons. The van der Waals surface area contributed by atoms with Crippen LogP contribution < -0.4 is 5.32 Å². The van der Waals surface area contributed by atoms with Crippen molar-refractivity contribution in [2.75, 3.05) is 6.54 Å². The molecule has 2 heterocycles. The van der Waals surface area contributed by atoms with Gasteiger partial charge in [-0.1, -0.05) is 81.6 Å². The number of carbonyl (C=O) groups is 1. The number of aromatic nitrogens is 2. The number of amides is 1. The van der Waals surface area contributed by atoms with Gasteiger partial charge in [0.2, 0.25) is 0 Å². The van der Waals surface area contributed by atoms with Gasteiger partial charge in [0, 0.05) is 32.4 Å². The van der Waals surface area contributed by atoms with Crippen LogP contribution in [0.1, 0.15) is 50.0 Å². The first-order chi connectivity index (χ1) is 17.2. The maximum atomic E-state index is 13.1. The highest BCUT2D eigenvalue weighted by Gasteiger charge is 2.16. The molecule has 1 amide bonds. The number of unbranched alkanes of at least 4 members (excludes halogenated alkanes) is 1. The first-order valence-electron chi connectivity index (χ1n) is 12.5. The maximum Gasteiger partial charge on any atom is 0.269 e. The second-order valence-corrected chi connectivity index (χ2v) is 10.2. The van der Waals surface area contributed by atoms with Gasteiger partial charge in [0.1, 0.15) is 5.69 Å². The highest BCUT2D eigenvalue weighted by atomic mass is 32.1. The standard InChI is InChI=1S/C30H31N3OS/c1-3-5-10-21(4-2)18-32-30(34)27-19-31-20-33(27)23-12-8-11-22(17-23)24-14-9-15-26-25-13-6-7-16-28(25)35-29(24)26/h6-9,11-17,19-21H,3-5,10,18H2,1-2H3,(H,32,34)/t21-/m1/s1. The van der Waals surface area contributed by atoms with Crippen LogP contribution in [-0.2, 0) is 0 Å². The molecule has 4 nitrogen and oxygen atoms in total. The van der Waals surface area contributed by atoms with E-state index in [-0.39, 0.29) is 5.91 Å². The van der Waals surface area contributed by atoms with Crippen LogP contribution in [0.15, 0.2) is 79.3 Å². The Morgan fingerprint density at radius 1 is 1.03 bits per heavy atom. The molecule has 1 N–H and O–H groups in total. The molecule has 3 aromatic carbocycles. The second kappa shape index (κ2) is 10.4. The third-order valence-electron chi connectivity index (χ3n) is 6.81. The van der Waals surface area contributed by atoms with Crippen molar-refractivity contribution in [3.05, 3.63) is 84.9 Å². The van der Waals surface area contributed by atoms with E-state index in [1.807, 2.05) is 22.0 Å². The quantitative estimate of drug-likeness (QED) is 0.233. The number of fused-ring (bicyclic) bond motifs is 3. The number of carbonyl (C=O) groups excluding carboxylic acids is 1. The minimum atomic E-state index is -0.0746. The molecule has 0 unspecified atom stereocenters. The van der Waals surface area contributed by atoms with Gasteiger partial charge < -0.3 is 5.32 Å². The van der Waals surface area contributed by atoms with Crippen LogP contribution in [0.4, 0.5) is 0 Å². The van der Waals surface area contributed by atoms with Gasteiger partial charge in [-0.3, -0.25) is 9.36 Å². The van der Waals surface area contributed by atoms with Gasteiger partial charge in [-0.05, 0) is 41.7 Å². The maximum absolute atomic E-state index is 13.1. The van der Waals surface area contributed by atoms with Crippen molar-refractivity contribution in [3.63, 3.8) is 0 Å². The van der Waals surface area contributed by atoms with Crippen LogP contribution in [0.5, 0.6) is 0 Å². The number of hydrogen-bond donors (Lipinski definition) is 1. The lowest BCUT2D eigenvalue weighted by Gasteiger charge is -2.16. The third-order valence-corrected chi connectivity index (χ3v) is 8.03. The summed E-state index contributed by atoms with van der Waals surface area (Å²) in [7, 11) is 0. The molecule has 5 aromatic rings. The Labute approximate surface area is 210 Å². The zero-order valence-electron chi connectivity index (χ0n) is 20.3. The van der Waals surface area contributed by atoms with E-state index in [0.717, 1.165) is 24.1 Å². The Bertz CT molecular complexity index is 1470. The third kappa shape index (κ3) is 4.73. The van der Waals surface area contributed by atoms with Crippen molar-refractivity contribution in [2.24, 2.45) is 5.92 Å². The summed E-state index contributed by atoms with van der Waals surface area (Å²) in [4.78, 5) is 17.4. The molecule has 0 saturated heterocycles. The smallest absolute Gasteiger partial charge is 0.269 e. The van der Waals surface area contributed by atoms with E-state index in [9.17, 15) is 4.79 Å². The van der Waals surface area contributed by atoms with E-state index in [4.69, 9.17) is 0 Å². The van der Waals surface area contributed by atoms with Crippen molar-refractivity contribution in [2.45, 2.75) is 39.5 Å². The minimum Gasteiger partial charge on any atom is -0.350 e. The number of benzene rings is 3. The molecule has 0 bridgehead atoms. The van der Waals surface area contributed by atoms with Gasteiger partial charge in [-0.15, -0.1) is 11.3 Å². The van der Waals surface area contributed by atoms with E-state index >= 15 is 0 Å². The number of nitrogens with one attached hydrogen (secondary N) is 1. The average Bonchev–Trinajstić information content (AvgIpc) is 3.54. The van der Waals surface area contributed by atoms with Crippen molar-refractivity contribution >= 4 is 37.4 Å². The fourth-order valence-electron chi connectivity index (χ4n) is 4.74. The molecule has 5 heteroatoms. The highest BCUT2D eigenvalue weighted by Crippen LogP contribution is 2.40. The monoisotopic (exact) mass is 481 g/mol. The molecule has 0 aliphatic heterocycles. The summed E-state index contributed by atoms with van der Waals surface area (Å²) in [6, 6.07) is 23.4. The van der Waals surface area contributed by atoms with E-state index in [2.05, 4.69) is 84.8 Å². The van der Waals surface area contributed by atoms with Crippen molar-refractivity contribution in [1.29, 1.82) is 0 Å². The summed E-state index contributed by atoms with van der Waals surface area (Å²) in [5.74, 6) is 0.440. The SMILES string of the molecule is CCCC[C@@H](CC)CNC(=O)c1cncn1-c1cccc(-c2cccc3c2sc2ccccc23)c1. The zero-order chi connectivity index (χ0) is 24.2. The summed E-state index contributed by atoms with van der Waals surface area (Å²) < 4.78 is 4.47. The van der Waals surface area contributed by atoms with E-state index in [1.165, 1.54) is 38.6 Å². The molecular formula is C30H31N3OS. The van der Waals surface area contributed by atoms with Crippen LogP contribution in [0.2, 0.25) is 0 Å². The fourth-order valence-corrected chi connectivity index (χ4v) is 5.98. The lowest BCUT2D eigenvalue weighted by molar-refractivity contribution is 0.0939. The van der Waals surface area contributed by atoms with Gasteiger partial charge in [-0.25, -0.2) is 4.98 Å². The topological polar surface area (TPSA) is 46.9 Å². The van der Waals surface area contributed by atoms with Gasteiger partial charge in [-0.2, -0.15) is 0 Å². The summed E-state index contributed by atoms with van der Waals surface area (Å²) in [6.07, 6.45) is 7.99. The van der Waals surface area contributed by atoms with Gasteiger partial charge in [0.05, 0.1) is 12.5 Å². The Balaban J connectivity index is 1.44. The van der Waals surface area contributed by atoms with E-state index in [0.29, 0.717) is 18.2 Å². The first kappa shape index (κ1) is 23.3. The van der Waals surface area contributed by atoms with Crippen LogP contribution >= 0.6 is 11.3 Å². The van der Waals surface area contributed by atoms with Gasteiger partial charge in [0.15, 0.2) is 0 Å². The Kier molecular flexibility index (Phi) is 6.96. The predicted octanol–water partition coefficient (Wildman–Crippen LogP) is 7.85. The zero-order valence-corrected chi connectivity index (χ0v) is 21.1. The molecule has 35 heavy (non-hydrogen) atoms. The first-order valence-corrected chi connectivity index (χ1v) is 13.3. The van der Waals surface area contributed by atoms with Crippen molar-refractivity contribution in [1.82, 2.24) is 14.9 Å². The molecule has 0 fully saturated rings. The number of nitrogens with zero attached hydrogens (tertiary/aromatic N) is 2. The largest absolute Gasteiger partial charge is 0.350 e. The normalized spacial score (nSPS) is 12.3. The van der Waals surface area contributed by atoms with E-state index in [1.54, 1.807) is 12.5 Å². The lowest BCUT2D eigenvalue weighted by atomic mass is 9.99. The summed E-state index contributed by atoms with van der Waals surface area (Å²) in [5, 5.41) is 5.72. The Morgan fingerprint density at radius 3 is 2.71 bits per heavy atom. The second-order valence-electron chi connectivity index (χ2n) is 9.11. The van der Waals surface area contributed by atoms with Crippen LogP contribution in [-0.4, -0.2) is 22.0 Å². The molecular weight excluding hydrogens is 450 g/mol. The van der Waals surface area contributed by atoms with Gasteiger partial charge in [0.25, 0.3) is 5.91 Å². The number of thiophene rings is 1. The molecule has 5 rings (SSSR count). The molecule has 0 aliphatic rings. The Hall–Kier alpha value is -3.44. The molecule has 2 aromatic heterocycles. The van der Waals surface area contributed by atoms with Crippen molar-refractivity contribution in [3.8, 4) is 16.8 Å². The fraction of sp³-hybridized carbons (Fsp3) is 0.267. The van der Waals surface area contributed by atoms with Gasteiger partial charge >= 0.3 is 0 Å². The van der Waals surface area contributed by atoms with Crippen molar-refractivity contribution < 1.29 is 4.79 Å². The highest BCUT2D eigenvalue weighted by molar-refractivity contribution is 7.26. The van der Waals surface area contributed by atoms with E-state index < -0.39 is 0 Å². The minimum absolute atomic E-state index is 0.0746. The number of rotatable bonds is 9. The summed E-state index contributed by atoms with van der Waals surface area (Å²) >= 11 is 1.83. The average molecular weight is 482 g/mol. The number of hydrogen-bond acceptors (Lipinski definition) is 3. The summed E-state index contributed by atoms with van der Waals surface area (Å²) in [5.41, 5.74) is 3.83. The molecule has 178 valence electrons. The number of imidazole rings is 1. The lowest BCUT2D eigenvalue weighted by Crippen LogP contribution is -2.30. The molecule has 0 saturated carbocycles. The Morgan fingerprint density at radius 2 is 1.86 bits per heavy atom. The molecule has 1 atom stereocenters. The predicted molar refractivity (Wildman–Crippen MR) is 148 cm³/mol. The summed E-state index contributed by atoms with van der Waals surface area (Å²) in [6.45, 7) is 5.10. The van der Waals surface area contributed by atoms with Crippen LogP contribution in [0.25, 0.3) is 37.0 Å². The van der Waals surface area contributed by atoms with Crippen LogP contribution in [0, 0.1) is 5.92 Å². The van der Waals surface area contributed by atoms with Crippen LogP contribution in [0.3, 0.4) is 0 Å².